The number of hydrogen-bond acceptors (Lipinski definition) is 4. The molecular formula is C14H21FN2O3. The largest absolute Gasteiger partial charge is 0.478 e. The Balaban J connectivity index is 2.79. The fourth-order valence-corrected chi connectivity index (χ4v) is 1.89. The van der Waals surface area contributed by atoms with Gasteiger partial charge in [0.1, 0.15) is 5.82 Å². The van der Waals surface area contributed by atoms with Crippen LogP contribution in [0.25, 0.3) is 0 Å². The SMILES string of the molecule is CC(C)(CCCO)CNc1cc(F)c(C(=O)O)cc1N. The van der Waals surface area contributed by atoms with Crippen LogP contribution in [0, 0.1) is 11.2 Å². The summed E-state index contributed by atoms with van der Waals surface area (Å²) in [4.78, 5) is 10.8. The van der Waals surface area contributed by atoms with Crippen molar-refractivity contribution in [3.05, 3.63) is 23.5 Å². The lowest BCUT2D eigenvalue weighted by molar-refractivity contribution is 0.0692. The molecule has 0 aromatic heterocycles. The highest BCUT2D eigenvalue weighted by Gasteiger charge is 2.19. The van der Waals surface area contributed by atoms with Crippen molar-refractivity contribution >= 4 is 17.3 Å². The molecule has 1 aromatic carbocycles. The first-order valence-corrected chi connectivity index (χ1v) is 6.44. The average Bonchev–Trinajstić information content (AvgIpc) is 2.36. The third kappa shape index (κ3) is 4.38. The van der Waals surface area contributed by atoms with Crippen LogP contribution in [0.2, 0.25) is 0 Å². The highest BCUT2D eigenvalue weighted by Crippen LogP contribution is 2.27. The number of aliphatic hydroxyl groups is 1. The Bertz CT molecular complexity index is 490. The highest BCUT2D eigenvalue weighted by molar-refractivity contribution is 5.90. The Labute approximate surface area is 117 Å². The molecule has 0 aliphatic carbocycles. The summed E-state index contributed by atoms with van der Waals surface area (Å²) < 4.78 is 13.6. The van der Waals surface area contributed by atoms with Gasteiger partial charge < -0.3 is 21.3 Å². The zero-order valence-corrected chi connectivity index (χ0v) is 11.7. The molecule has 0 fully saturated rings. The number of nitrogens with one attached hydrogen (secondary N) is 1. The Hall–Kier alpha value is -1.82. The second-order valence-electron chi connectivity index (χ2n) is 5.57. The number of anilines is 2. The molecule has 0 amide bonds. The number of carboxylic acid groups (broad SMARTS) is 1. The number of rotatable bonds is 7. The standard InChI is InChI=1S/C14H21FN2O3/c1-14(2,4-3-5-18)8-17-12-7-10(15)9(13(19)20)6-11(12)16/h6-7,17-18H,3-5,8,16H2,1-2H3,(H,19,20). The summed E-state index contributed by atoms with van der Waals surface area (Å²) in [6.07, 6.45) is 1.50. The van der Waals surface area contributed by atoms with E-state index in [-0.39, 0.29) is 17.7 Å². The molecule has 1 aromatic rings. The van der Waals surface area contributed by atoms with E-state index >= 15 is 0 Å². The molecule has 0 saturated carbocycles. The van der Waals surface area contributed by atoms with Crippen LogP contribution in [0.4, 0.5) is 15.8 Å². The number of hydrogen-bond donors (Lipinski definition) is 4. The van der Waals surface area contributed by atoms with Crippen molar-refractivity contribution in [3.8, 4) is 0 Å². The van der Waals surface area contributed by atoms with Crippen LogP contribution in [0.3, 0.4) is 0 Å². The Morgan fingerprint density at radius 2 is 2.10 bits per heavy atom. The summed E-state index contributed by atoms with van der Waals surface area (Å²) in [5.74, 6) is -2.16. The first kappa shape index (κ1) is 16.2. The van der Waals surface area contributed by atoms with Crippen molar-refractivity contribution in [2.75, 3.05) is 24.2 Å². The lowest BCUT2D eigenvalue weighted by Crippen LogP contribution is -2.24. The molecule has 0 unspecified atom stereocenters. The summed E-state index contributed by atoms with van der Waals surface area (Å²) in [5, 5.41) is 20.7. The molecule has 5 nitrogen and oxygen atoms in total. The zero-order chi connectivity index (χ0) is 15.3. The van der Waals surface area contributed by atoms with Gasteiger partial charge in [-0.1, -0.05) is 13.8 Å². The van der Waals surface area contributed by atoms with Crippen molar-refractivity contribution in [1.29, 1.82) is 0 Å². The van der Waals surface area contributed by atoms with Crippen LogP contribution in [0.1, 0.15) is 37.0 Å². The van der Waals surface area contributed by atoms with Crippen molar-refractivity contribution in [1.82, 2.24) is 0 Å². The van der Waals surface area contributed by atoms with E-state index in [1.807, 2.05) is 13.8 Å². The number of aromatic carboxylic acids is 1. The van der Waals surface area contributed by atoms with Gasteiger partial charge in [-0.3, -0.25) is 0 Å². The molecule has 1 rings (SSSR count). The summed E-state index contributed by atoms with van der Waals surface area (Å²) in [6.45, 7) is 4.72. The van der Waals surface area contributed by atoms with Gasteiger partial charge in [0.25, 0.3) is 0 Å². The van der Waals surface area contributed by atoms with E-state index in [0.29, 0.717) is 18.7 Å². The van der Waals surface area contributed by atoms with Gasteiger partial charge in [0.15, 0.2) is 0 Å². The van der Waals surface area contributed by atoms with Gasteiger partial charge in [0.05, 0.1) is 16.9 Å². The van der Waals surface area contributed by atoms with E-state index in [4.69, 9.17) is 15.9 Å². The van der Waals surface area contributed by atoms with Gasteiger partial charge in [-0.05, 0) is 30.4 Å². The van der Waals surface area contributed by atoms with Gasteiger partial charge >= 0.3 is 5.97 Å². The Morgan fingerprint density at radius 3 is 2.65 bits per heavy atom. The fraction of sp³-hybridized carbons (Fsp3) is 0.500. The predicted molar refractivity (Wildman–Crippen MR) is 76.4 cm³/mol. The van der Waals surface area contributed by atoms with E-state index in [9.17, 15) is 9.18 Å². The molecule has 20 heavy (non-hydrogen) atoms. The minimum Gasteiger partial charge on any atom is -0.478 e. The highest BCUT2D eigenvalue weighted by atomic mass is 19.1. The molecule has 0 heterocycles. The first-order chi connectivity index (χ1) is 9.26. The summed E-state index contributed by atoms with van der Waals surface area (Å²) >= 11 is 0. The molecule has 112 valence electrons. The fourth-order valence-electron chi connectivity index (χ4n) is 1.89. The van der Waals surface area contributed by atoms with Crippen molar-refractivity contribution in [2.24, 2.45) is 5.41 Å². The molecule has 5 N–H and O–H groups in total. The number of benzene rings is 1. The lowest BCUT2D eigenvalue weighted by Gasteiger charge is -2.25. The van der Waals surface area contributed by atoms with Crippen LogP contribution in [0.5, 0.6) is 0 Å². The van der Waals surface area contributed by atoms with Crippen molar-refractivity contribution < 1.29 is 19.4 Å². The number of carbonyl (C=O) groups is 1. The molecule has 0 spiro atoms. The van der Waals surface area contributed by atoms with E-state index in [2.05, 4.69) is 5.32 Å². The van der Waals surface area contributed by atoms with Crippen LogP contribution in [0.15, 0.2) is 12.1 Å². The number of nitrogen functional groups attached to an aromatic ring is 1. The maximum Gasteiger partial charge on any atom is 0.338 e. The molecule has 0 aliphatic heterocycles. The van der Waals surface area contributed by atoms with Crippen molar-refractivity contribution in [3.63, 3.8) is 0 Å². The number of aliphatic hydroxyl groups excluding tert-OH is 1. The third-order valence-corrected chi connectivity index (χ3v) is 3.14. The topological polar surface area (TPSA) is 95.6 Å². The molecule has 0 atom stereocenters. The molecule has 6 heteroatoms. The normalized spacial score (nSPS) is 11.4. The zero-order valence-electron chi connectivity index (χ0n) is 11.7. The van der Waals surface area contributed by atoms with Gasteiger partial charge in [0.2, 0.25) is 0 Å². The maximum absolute atomic E-state index is 13.6. The summed E-state index contributed by atoms with van der Waals surface area (Å²) in [7, 11) is 0. The second kappa shape index (κ2) is 6.56. The van der Waals surface area contributed by atoms with E-state index in [1.165, 1.54) is 0 Å². The molecular weight excluding hydrogens is 263 g/mol. The first-order valence-electron chi connectivity index (χ1n) is 6.44. The second-order valence-corrected chi connectivity index (χ2v) is 5.57. The Kier molecular flexibility index (Phi) is 5.33. The van der Waals surface area contributed by atoms with Crippen LogP contribution in [-0.4, -0.2) is 29.3 Å². The minimum absolute atomic E-state index is 0.0862. The monoisotopic (exact) mass is 284 g/mol. The van der Waals surface area contributed by atoms with Crippen LogP contribution in [-0.2, 0) is 0 Å². The van der Waals surface area contributed by atoms with Gasteiger partial charge in [-0.15, -0.1) is 0 Å². The number of carboxylic acids is 1. The predicted octanol–water partition coefficient (Wildman–Crippen LogP) is 2.32. The average molecular weight is 284 g/mol. The van der Waals surface area contributed by atoms with Gasteiger partial charge in [0, 0.05) is 13.2 Å². The van der Waals surface area contributed by atoms with E-state index in [1.54, 1.807) is 0 Å². The van der Waals surface area contributed by atoms with Gasteiger partial charge in [-0.2, -0.15) is 0 Å². The molecule has 0 radical (unpaired) electrons. The molecule has 0 saturated heterocycles. The smallest absolute Gasteiger partial charge is 0.338 e. The lowest BCUT2D eigenvalue weighted by atomic mass is 9.88. The van der Waals surface area contributed by atoms with E-state index in [0.717, 1.165) is 18.6 Å². The minimum atomic E-state index is -1.34. The van der Waals surface area contributed by atoms with Crippen molar-refractivity contribution in [2.45, 2.75) is 26.7 Å². The quantitative estimate of drug-likeness (QED) is 0.576. The van der Waals surface area contributed by atoms with Gasteiger partial charge in [-0.25, -0.2) is 9.18 Å². The van der Waals surface area contributed by atoms with Crippen LogP contribution < -0.4 is 11.1 Å². The Morgan fingerprint density at radius 1 is 1.45 bits per heavy atom. The summed E-state index contributed by atoms with van der Waals surface area (Å²) in [5.41, 5.74) is 5.78. The van der Waals surface area contributed by atoms with Crippen LogP contribution >= 0.6 is 0 Å². The third-order valence-electron chi connectivity index (χ3n) is 3.14. The number of halogens is 1. The summed E-state index contributed by atoms with van der Waals surface area (Å²) in [6, 6.07) is 2.21. The molecule has 0 bridgehead atoms. The number of nitrogens with two attached hydrogens (primary N) is 1. The maximum atomic E-state index is 13.6. The molecule has 0 aliphatic rings. The van der Waals surface area contributed by atoms with E-state index < -0.39 is 17.3 Å².